The number of nitrogens with zero attached hydrogens (tertiary/aromatic N) is 1. The summed E-state index contributed by atoms with van der Waals surface area (Å²) in [5.74, 6) is -2.29. The van der Waals surface area contributed by atoms with Crippen molar-refractivity contribution in [3.8, 4) is 0 Å². The van der Waals surface area contributed by atoms with Crippen LogP contribution in [0, 0.1) is 0 Å². The molecule has 1 aromatic heterocycles. The molecular formula is C13H10N2O5. The number of benzene rings is 1. The highest BCUT2D eigenvalue weighted by atomic mass is 16.4. The SMILES string of the molecule is Cn1c(=O)[nH]c(C(=O)O)c(C(=O)c2ccccc2)c1=O. The van der Waals surface area contributed by atoms with Gasteiger partial charge in [0.1, 0.15) is 11.3 Å². The Balaban J connectivity index is 2.77. The molecule has 0 unspecified atom stereocenters. The second-order valence-electron chi connectivity index (χ2n) is 4.04. The molecule has 0 radical (unpaired) electrons. The molecule has 1 aromatic carbocycles. The van der Waals surface area contributed by atoms with E-state index in [0.29, 0.717) is 4.57 Å². The third-order valence-corrected chi connectivity index (χ3v) is 2.78. The van der Waals surface area contributed by atoms with Crippen molar-refractivity contribution in [2.24, 2.45) is 7.05 Å². The highest BCUT2D eigenvalue weighted by molar-refractivity contribution is 6.13. The number of rotatable bonds is 3. The van der Waals surface area contributed by atoms with Crippen LogP contribution in [0.4, 0.5) is 0 Å². The zero-order valence-electron chi connectivity index (χ0n) is 10.4. The van der Waals surface area contributed by atoms with Crippen LogP contribution in [0.2, 0.25) is 0 Å². The molecule has 2 N–H and O–H groups in total. The number of nitrogens with one attached hydrogen (secondary N) is 1. The smallest absolute Gasteiger partial charge is 0.353 e. The van der Waals surface area contributed by atoms with Crippen molar-refractivity contribution in [2.45, 2.75) is 0 Å². The monoisotopic (exact) mass is 274 g/mol. The van der Waals surface area contributed by atoms with Crippen LogP contribution in [-0.4, -0.2) is 26.4 Å². The molecule has 0 aliphatic heterocycles. The van der Waals surface area contributed by atoms with Crippen molar-refractivity contribution in [1.82, 2.24) is 9.55 Å². The molecule has 7 nitrogen and oxygen atoms in total. The summed E-state index contributed by atoms with van der Waals surface area (Å²) in [7, 11) is 1.16. The third-order valence-electron chi connectivity index (χ3n) is 2.78. The Hall–Kier alpha value is -2.96. The quantitative estimate of drug-likeness (QED) is 0.766. The van der Waals surface area contributed by atoms with Gasteiger partial charge in [0.25, 0.3) is 5.56 Å². The molecule has 2 rings (SSSR count). The van der Waals surface area contributed by atoms with E-state index in [-0.39, 0.29) is 5.56 Å². The molecule has 0 bridgehead atoms. The number of aromatic amines is 1. The first kappa shape index (κ1) is 13.5. The summed E-state index contributed by atoms with van der Waals surface area (Å²) in [6.45, 7) is 0. The molecular weight excluding hydrogens is 264 g/mol. The molecule has 0 aliphatic rings. The molecule has 0 saturated carbocycles. The van der Waals surface area contributed by atoms with Crippen LogP contribution in [0.1, 0.15) is 26.4 Å². The molecule has 0 atom stereocenters. The van der Waals surface area contributed by atoms with E-state index in [0.717, 1.165) is 7.05 Å². The van der Waals surface area contributed by atoms with E-state index < -0.39 is 34.3 Å². The standard InChI is InChI=1S/C13H10N2O5/c1-15-11(17)8(9(12(18)19)14-13(15)20)10(16)7-5-3-2-4-6-7/h2-6H,1H3,(H,14,20)(H,18,19). The first-order valence-corrected chi connectivity index (χ1v) is 5.60. The molecule has 2 aromatic rings. The first-order valence-electron chi connectivity index (χ1n) is 5.60. The van der Waals surface area contributed by atoms with Crippen LogP contribution in [0.3, 0.4) is 0 Å². The molecule has 1 heterocycles. The zero-order chi connectivity index (χ0) is 14.9. The molecule has 0 fully saturated rings. The van der Waals surface area contributed by atoms with Gasteiger partial charge in [-0.15, -0.1) is 0 Å². The van der Waals surface area contributed by atoms with Gasteiger partial charge in [-0.1, -0.05) is 30.3 Å². The van der Waals surface area contributed by atoms with Gasteiger partial charge in [-0.05, 0) is 0 Å². The molecule has 0 spiro atoms. The fourth-order valence-corrected chi connectivity index (χ4v) is 1.73. The number of carbonyl (C=O) groups excluding carboxylic acids is 1. The van der Waals surface area contributed by atoms with Gasteiger partial charge < -0.3 is 10.1 Å². The number of aromatic carboxylic acids is 1. The van der Waals surface area contributed by atoms with Crippen molar-refractivity contribution in [3.63, 3.8) is 0 Å². The third kappa shape index (κ3) is 2.16. The van der Waals surface area contributed by atoms with E-state index in [2.05, 4.69) is 0 Å². The Labute approximate surface area is 112 Å². The van der Waals surface area contributed by atoms with Gasteiger partial charge in [0.05, 0.1) is 0 Å². The Kier molecular flexibility index (Phi) is 3.34. The van der Waals surface area contributed by atoms with E-state index in [4.69, 9.17) is 5.11 Å². The van der Waals surface area contributed by atoms with Crippen molar-refractivity contribution < 1.29 is 14.7 Å². The number of aromatic nitrogens is 2. The van der Waals surface area contributed by atoms with Crippen LogP contribution < -0.4 is 11.2 Å². The van der Waals surface area contributed by atoms with Crippen LogP contribution in [-0.2, 0) is 7.05 Å². The zero-order valence-corrected chi connectivity index (χ0v) is 10.4. The number of hydrogen-bond acceptors (Lipinski definition) is 4. The Morgan fingerprint density at radius 2 is 1.75 bits per heavy atom. The number of carboxylic acids is 1. The van der Waals surface area contributed by atoms with Gasteiger partial charge in [0.2, 0.25) is 5.78 Å². The molecule has 20 heavy (non-hydrogen) atoms. The van der Waals surface area contributed by atoms with Gasteiger partial charge in [-0.2, -0.15) is 0 Å². The van der Waals surface area contributed by atoms with Gasteiger partial charge in [0, 0.05) is 12.6 Å². The highest BCUT2D eigenvalue weighted by Crippen LogP contribution is 2.08. The minimum Gasteiger partial charge on any atom is -0.477 e. The molecule has 7 heteroatoms. The fourth-order valence-electron chi connectivity index (χ4n) is 1.73. The summed E-state index contributed by atoms with van der Waals surface area (Å²) >= 11 is 0. The lowest BCUT2D eigenvalue weighted by Crippen LogP contribution is -2.39. The maximum absolute atomic E-state index is 12.3. The second-order valence-corrected chi connectivity index (χ2v) is 4.04. The molecule has 0 amide bonds. The van der Waals surface area contributed by atoms with Gasteiger partial charge in [-0.3, -0.25) is 14.2 Å². The van der Waals surface area contributed by atoms with Gasteiger partial charge >= 0.3 is 11.7 Å². The average molecular weight is 274 g/mol. The van der Waals surface area contributed by atoms with E-state index in [1.807, 2.05) is 4.98 Å². The Morgan fingerprint density at radius 3 is 2.30 bits per heavy atom. The molecule has 102 valence electrons. The number of carbonyl (C=O) groups is 2. The minimum atomic E-state index is -1.54. The number of carboxylic acid groups (broad SMARTS) is 1. The van der Waals surface area contributed by atoms with Crippen LogP contribution in [0.15, 0.2) is 39.9 Å². The predicted octanol–water partition coefficient (Wildman–Crippen LogP) is 0.00280. The second kappa shape index (κ2) is 4.96. The molecule has 0 saturated heterocycles. The van der Waals surface area contributed by atoms with Crippen LogP contribution in [0.5, 0.6) is 0 Å². The average Bonchev–Trinajstić information content (AvgIpc) is 2.44. The lowest BCUT2D eigenvalue weighted by Gasteiger charge is -2.06. The Morgan fingerprint density at radius 1 is 1.15 bits per heavy atom. The lowest BCUT2D eigenvalue weighted by molar-refractivity contribution is 0.0685. The highest BCUT2D eigenvalue weighted by Gasteiger charge is 2.24. The summed E-state index contributed by atoms with van der Waals surface area (Å²) in [4.78, 5) is 48.8. The predicted molar refractivity (Wildman–Crippen MR) is 69.1 cm³/mol. The van der Waals surface area contributed by atoms with Crippen molar-refractivity contribution in [3.05, 3.63) is 68.0 Å². The number of hydrogen-bond donors (Lipinski definition) is 2. The van der Waals surface area contributed by atoms with E-state index in [9.17, 15) is 19.2 Å². The van der Waals surface area contributed by atoms with Gasteiger partial charge in [0.15, 0.2) is 0 Å². The van der Waals surface area contributed by atoms with Crippen molar-refractivity contribution in [1.29, 1.82) is 0 Å². The summed E-state index contributed by atoms with van der Waals surface area (Å²) in [6.07, 6.45) is 0. The number of H-pyrrole nitrogens is 1. The van der Waals surface area contributed by atoms with E-state index in [1.165, 1.54) is 12.1 Å². The minimum absolute atomic E-state index is 0.166. The first-order chi connectivity index (χ1) is 9.43. The van der Waals surface area contributed by atoms with Crippen molar-refractivity contribution >= 4 is 11.8 Å². The normalized spacial score (nSPS) is 10.2. The summed E-state index contributed by atoms with van der Waals surface area (Å²) in [5.41, 5.74) is -2.94. The van der Waals surface area contributed by atoms with Crippen LogP contribution >= 0.6 is 0 Å². The fraction of sp³-hybridized carbons (Fsp3) is 0.0769. The largest absolute Gasteiger partial charge is 0.477 e. The Bertz CT molecular complexity index is 802. The molecule has 0 aliphatic carbocycles. The summed E-state index contributed by atoms with van der Waals surface area (Å²) in [6, 6.07) is 7.77. The maximum Gasteiger partial charge on any atom is 0.353 e. The topological polar surface area (TPSA) is 109 Å². The van der Waals surface area contributed by atoms with Crippen molar-refractivity contribution in [2.75, 3.05) is 0 Å². The van der Waals surface area contributed by atoms with Crippen LogP contribution in [0.25, 0.3) is 0 Å². The lowest BCUT2D eigenvalue weighted by atomic mass is 10.0. The van der Waals surface area contributed by atoms with Gasteiger partial charge in [-0.25, -0.2) is 9.59 Å². The van der Waals surface area contributed by atoms with E-state index in [1.54, 1.807) is 18.2 Å². The number of ketones is 1. The maximum atomic E-state index is 12.3. The summed E-state index contributed by atoms with van der Waals surface area (Å²) in [5, 5.41) is 9.03. The van der Waals surface area contributed by atoms with E-state index >= 15 is 0 Å². The summed E-state index contributed by atoms with van der Waals surface area (Å²) < 4.78 is 0.655.